The summed E-state index contributed by atoms with van der Waals surface area (Å²) < 4.78 is 27.5. The van der Waals surface area contributed by atoms with E-state index in [1.807, 2.05) is 18.2 Å². The van der Waals surface area contributed by atoms with Crippen LogP contribution in [0.5, 0.6) is 0 Å². The van der Waals surface area contributed by atoms with E-state index in [0.29, 0.717) is 17.1 Å². The Morgan fingerprint density at radius 3 is 1.97 bits per heavy atom. The highest BCUT2D eigenvalue weighted by Gasteiger charge is 2.15. The lowest BCUT2D eigenvalue weighted by atomic mass is 10.3. The van der Waals surface area contributed by atoms with Crippen molar-refractivity contribution in [2.24, 2.45) is 20.5 Å². The summed E-state index contributed by atoms with van der Waals surface area (Å²) in [5, 5.41) is 16.4. The molecule has 0 unspecified atom stereocenters. The number of anilines is 3. The number of nitrogens with two attached hydrogens (primary N) is 2. The Labute approximate surface area is 201 Å². The molecule has 0 saturated carbocycles. The van der Waals surface area contributed by atoms with Crippen LogP contribution >= 0.6 is 0 Å². The minimum atomic E-state index is -3.87. The summed E-state index contributed by atoms with van der Waals surface area (Å²) in [5.74, 6) is 0.146. The fourth-order valence-electron chi connectivity index (χ4n) is 2.77. The maximum atomic E-state index is 12.6. The first-order chi connectivity index (χ1) is 16.8. The molecule has 0 spiro atoms. The molecule has 0 bridgehead atoms. The van der Waals surface area contributed by atoms with Gasteiger partial charge in [-0.15, -0.1) is 10.2 Å². The van der Waals surface area contributed by atoms with E-state index in [1.165, 1.54) is 36.5 Å². The number of azo groups is 2. The van der Waals surface area contributed by atoms with Crippen molar-refractivity contribution in [2.75, 3.05) is 16.2 Å². The van der Waals surface area contributed by atoms with Crippen LogP contribution in [0.2, 0.25) is 0 Å². The number of nitrogens with zero attached hydrogens (tertiary/aromatic N) is 7. The molecular weight excluding hydrogens is 468 g/mol. The van der Waals surface area contributed by atoms with Crippen molar-refractivity contribution in [1.29, 1.82) is 0 Å². The number of nitrogens with one attached hydrogen (secondary N) is 1. The van der Waals surface area contributed by atoms with Crippen LogP contribution in [0, 0.1) is 6.92 Å². The summed E-state index contributed by atoms with van der Waals surface area (Å²) in [5.41, 5.74) is 14.0. The van der Waals surface area contributed by atoms with Crippen molar-refractivity contribution in [3.63, 3.8) is 0 Å². The van der Waals surface area contributed by atoms with Crippen LogP contribution in [0.25, 0.3) is 0 Å². The van der Waals surface area contributed by atoms with E-state index in [2.05, 4.69) is 40.1 Å². The minimum Gasteiger partial charge on any atom is -0.382 e. The Morgan fingerprint density at radius 1 is 0.771 bits per heavy atom. The van der Waals surface area contributed by atoms with Gasteiger partial charge in [0.2, 0.25) is 5.95 Å². The topological polar surface area (TPSA) is 186 Å². The van der Waals surface area contributed by atoms with Crippen molar-refractivity contribution < 1.29 is 8.42 Å². The minimum absolute atomic E-state index is 0.0128. The van der Waals surface area contributed by atoms with Gasteiger partial charge in [0.05, 0.1) is 16.3 Å². The normalized spacial score (nSPS) is 11.8. The van der Waals surface area contributed by atoms with Crippen LogP contribution < -0.4 is 16.2 Å². The second-order valence-corrected chi connectivity index (χ2v) is 8.84. The molecule has 4 rings (SSSR count). The molecule has 0 saturated heterocycles. The first kappa shape index (κ1) is 23.4. The van der Waals surface area contributed by atoms with E-state index in [-0.39, 0.29) is 33.9 Å². The molecule has 0 atom stereocenters. The quantitative estimate of drug-likeness (QED) is 0.306. The average molecular weight is 489 g/mol. The van der Waals surface area contributed by atoms with Gasteiger partial charge in [-0.05, 0) is 49.4 Å². The number of hydrogen-bond acceptors (Lipinski definition) is 11. The lowest BCUT2D eigenvalue weighted by molar-refractivity contribution is 0.601. The molecule has 4 aromatic rings. The van der Waals surface area contributed by atoms with Crippen molar-refractivity contribution in [3.8, 4) is 0 Å². The summed E-state index contributed by atoms with van der Waals surface area (Å²) in [6.07, 6.45) is 1.47. The average Bonchev–Trinajstić information content (AvgIpc) is 2.83. The lowest BCUT2D eigenvalue weighted by Gasteiger charge is -2.07. The molecule has 2 heterocycles. The third kappa shape index (κ3) is 5.97. The first-order valence-corrected chi connectivity index (χ1v) is 11.7. The molecule has 13 heteroatoms. The van der Waals surface area contributed by atoms with E-state index in [1.54, 1.807) is 25.1 Å². The summed E-state index contributed by atoms with van der Waals surface area (Å²) in [7, 11) is -3.87. The molecule has 0 aliphatic heterocycles. The number of aromatic nitrogens is 3. The zero-order valence-electron chi connectivity index (χ0n) is 18.4. The zero-order chi connectivity index (χ0) is 24.8. The van der Waals surface area contributed by atoms with Gasteiger partial charge in [0.25, 0.3) is 10.0 Å². The highest BCUT2D eigenvalue weighted by molar-refractivity contribution is 7.92. The van der Waals surface area contributed by atoms with Crippen LogP contribution in [0.4, 0.5) is 40.3 Å². The Hall–Kier alpha value is -4.78. The first-order valence-electron chi connectivity index (χ1n) is 10.2. The van der Waals surface area contributed by atoms with Gasteiger partial charge in [0.15, 0.2) is 11.6 Å². The molecule has 2 aromatic heterocycles. The summed E-state index contributed by atoms with van der Waals surface area (Å²) in [6.45, 7) is 1.73. The second-order valence-electron chi connectivity index (χ2n) is 7.15. The molecule has 5 N–H and O–H groups in total. The Bertz CT molecular complexity index is 1510. The van der Waals surface area contributed by atoms with Crippen molar-refractivity contribution in [1.82, 2.24) is 15.0 Å². The van der Waals surface area contributed by atoms with E-state index < -0.39 is 10.0 Å². The number of sulfonamides is 1. The molecule has 12 nitrogen and oxygen atoms in total. The molecule has 0 aliphatic carbocycles. The van der Waals surface area contributed by atoms with E-state index in [4.69, 9.17) is 11.5 Å². The highest BCUT2D eigenvalue weighted by atomic mass is 32.2. The van der Waals surface area contributed by atoms with Crippen molar-refractivity contribution in [3.05, 3.63) is 78.6 Å². The number of hydrogen-bond donors (Lipinski definition) is 3. The fourth-order valence-corrected chi connectivity index (χ4v) is 3.72. The highest BCUT2D eigenvalue weighted by Crippen LogP contribution is 2.32. The number of rotatable bonds is 7. The summed E-state index contributed by atoms with van der Waals surface area (Å²) in [6, 6.07) is 18.0. The van der Waals surface area contributed by atoms with Gasteiger partial charge in [-0.3, -0.25) is 0 Å². The predicted octanol–water partition coefficient (Wildman–Crippen LogP) is 4.98. The number of pyridine rings is 1. The molecule has 0 radical (unpaired) electrons. The molecule has 0 aliphatic rings. The standard InChI is InChI=1S/C22H20N10O2S/c1-14-11-12-25-22(26-14)32-35(33,34)17-9-7-16(8-10-17)29-31-19-13-18(20(23)27-21(19)24)30-28-15-5-3-2-4-6-15/h2-13H,1H3,(H4,23,24,27)(H,25,26,32). The summed E-state index contributed by atoms with van der Waals surface area (Å²) in [4.78, 5) is 12.0. The van der Waals surface area contributed by atoms with Crippen LogP contribution in [0.3, 0.4) is 0 Å². The Balaban J connectivity index is 1.51. The SMILES string of the molecule is Cc1ccnc(NS(=O)(=O)c2ccc(N=Nc3cc(N=Nc4ccccc4)c(N)nc3N)cc2)n1. The van der Waals surface area contributed by atoms with Gasteiger partial charge >= 0.3 is 0 Å². The van der Waals surface area contributed by atoms with Crippen molar-refractivity contribution >= 4 is 50.4 Å². The van der Waals surface area contributed by atoms with Crippen LogP contribution in [-0.4, -0.2) is 23.4 Å². The van der Waals surface area contributed by atoms with Gasteiger partial charge in [-0.1, -0.05) is 18.2 Å². The van der Waals surface area contributed by atoms with E-state index in [9.17, 15) is 8.42 Å². The van der Waals surface area contributed by atoms with Gasteiger partial charge in [-0.25, -0.2) is 28.1 Å². The van der Waals surface area contributed by atoms with E-state index >= 15 is 0 Å². The second kappa shape index (κ2) is 10.0. The third-order valence-electron chi connectivity index (χ3n) is 4.51. The molecule has 2 aromatic carbocycles. The molecule has 176 valence electrons. The van der Waals surface area contributed by atoms with Crippen LogP contribution in [0.15, 0.2) is 98.3 Å². The predicted molar refractivity (Wildman–Crippen MR) is 132 cm³/mol. The third-order valence-corrected chi connectivity index (χ3v) is 5.85. The molecule has 35 heavy (non-hydrogen) atoms. The van der Waals surface area contributed by atoms with Crippen LogP contribution in [-0.2, 0) is 10.0 Å². The summed E-state index contributed by atoms with van der Waals surface area (Å²) >= 11 is 0. The van der Waals surface area contributed by atoms with E-state index in [0.717, 1.165) is 0 Å². The fraction of sp³-hybridized carbons (Fsp3) is 0.0455. The van der Waals surface area contributed by atoms with Gasteiger partial charge < -0.3 is 11.5 Å². The molecular formula is C22H20N10O2S. The number of benzene rings is 2. The lowest BCUT2D eigenvalue weighted by Crippen LogP contribution is -2.15. The van der Waals surface area contributed by atoms with Gasteiger partial charge in [-0.2, -0.15) is 10.2 Å². The molecule has 0 amide bonds. The smallest absolute Gasteiger partial charge is 0.264 e. The maximum Gasteiger partial charge on any atom is 0.264 e. The number of aryl methyl sites for hydroxylation is 1. The monoisotopic (exact) mass is 488 g/mol. The molecule has 0 fully saturated rings. The largest absolute Gasteiger partial charge is 0.382 e. The Kier molecular flexibility index (Phi) is 6.69. The van der Waals surface area contributed by atoms with Crippen molar-refractivity contribution in [2.45, 2.75) is 11.8 Å². The van der Waals surface area contributed by atoms with Gasteiger partial charge in [0, 0.05) is 18.0 Å². The maximum absolute atomic E-state index is 12.6. The number of nitrogen functional groups attached to an aromatic ring is 2. The Morgan fingerprint density at radius 2 is 1.37 bits per heavy atom. The zero-order valence-corrected chi connectivity index (χ0v) is 19.3. The van der Waals surface area contributed by atoms with Crippen LogP contribution in [0.1, 0.15) is 5.69 Å². The van der Waals surface area contributed by atoms with Gasteiger partial charge in [0.1, 0.15) is 11.4 Å².